The van der Waals surface area contributed by atoms with E-state index in [1.54, 1.807) is 0 Å². The average molecular weight is 361 g/mol. The van der Waals surface area contributed by atoms with E-state index < -0.39 is 0 Å². The monoisotopic (exact) mass is 360 g/mol. The van der Waals surface area contributed by atoms with Gasteiger partial charge in [-0.25, -0.2) is 0 Å². The topological polar surface area (TPSA) is 43.6 Å². The van der Waals surface area contributed by atoms with Gasteiger partial charge in [0, 0.05) is 40.1 Å². The molecule has 0 amide bonds. The van der Waals surface area contributed by atoms with Crippen LogP contribution in [-0.2, 0) is 13.0 Å². The Bertz CT molecular complexity index is 1150. The summed E-state index contributed by atoms with van der Waals surface area (Å²) >= 11 is 6.17. The molecular weight excluding hydrogens is 344 g/mol. The SMILES string of the molecule is Cc1cccc(-c2nn3c(c2-c2ccnc4cc(Cl)ccc24)CCC3)n1. The van der Waals surface area contributed by atoms with Crippen LogP contribution in [0.15, 0.2) is 48.7 Å². The third kappa shape index (κ3) is 2.41. The summed E-state index contributed by atoms with van der Waals surface area (Å²) < 4.78 is 2.14. The zero-order valence-corrected chi connectivity index (χ0v) is 15.2. The van der Waals surface area contributed by atoms with E-state index in [2.05, 4.69) is 15.7 Å². The first-order chi connectivity index (χ1) is 12.7. The molecule has 0 N–H and O–H groups in total. The van der Waals surface area contributed by atoms with Crippen LogP contribution in [0.2, 0.25) is 5.02 Å². The molecule has 0 aliphatic carbocycles. The maximum absolute atomic E-state index is 6.17. The van der Waals surface area contributed by atoms with Gasteiger partial charge in [0.05, 0.1) is 11.2 Å². The minimum atomic E-state index is 0.697. The van der Waals surface area contributed by atoms with E-state index in [4.69, 9.17) is 21.7 Å². The minimum absolute atomic E-state index is 0.697. The van der Waals surface area contributed by atoms with Gasteiger partial charge in [0.2, 0.25) is 0 Å². The maximum Gasteiger partial charge on any atom is 0.119 e. The quantitative estimate of drug-likeness (QED) is 0.501. The van der Waals surface area contributed by atoms with E-state index in [1.807, 2.05) is 49.5 Å². The Labute approximate surface area is 156 Å². The van der Waals surface area contributed by atoms with E-state index in [0.29, 0.717) is 5.02 Å². The van der Waals surface area contributed by atoms with Crippen LogP contribution in [0.5, 0.6) is 0 Å². The number of hydrogen-bond acceptors (Lipinski definition) is 3. The summed E-state index contributed by atoms with van der Waals surface area (Å²) in [6.45, 7) is 2.97. The van der Waals surface area contributed by atoms with E-state index in [-0.39, 0.29) is 0 Å². The van der Waals surface area contributed by atoms with Gasteiger partial charge in [-0.15, -0.1) is 0 Å². The van der Waals surface area contributed by atoms with E-state index in [0.717, 1.165) is 52.9 Å². The lowest BCUT2D eigenvalue weighted by Gasteiger charge is -2.09. The summed E-state index contributed by atoms with van der Waals surface area (Å²) in [5, 5.41) is 6.70. The molecule has 0 unspecified atom stereocenters. The second-order valence-corrected chi connectivity index (χ2v) is 7.12. The Morgan fingerprint density at radius 3 is 2.92 bits per heavy atom. The predicted octanol–water partition coefficient (Wildman–Crippen LogP) is 5.07. The summed E-state index contributed by atoms with van der Waals surface area (Å²) in [6, 6.07) is 14.0. The van der Waals surface area contributed by atoms with Gasteiger partial charge in [-0.05, 0) is 55.7 Å². The first-order valence-corrected chi connectivity index (χ1v) is 9.17. The lowest BCUT2D eigenvalue weighted by atomic mass is 9.96. The van der Waals surface area contributed by atoms with Gasteiger partial charge in [0.15, 0.2) is 0 Å². The summed E-state index contributed by atoms with van der Waals surface area (Å²) in [6.07, 6.45) is 4.01. The smallest absolute Gasteiger partial charge is 0.119 e. The summed E-state index contributed by atoms with van der Waals surface area (Å²) in [7, 11) is 0. The van der Waals surface area contributed by atoms with E-state index in [9.17, 15) is 0 Å². The number of rotatable bonds is 2. The Morgan fingerprint density at radius 1 is 1.12 bits per heavy atom. The average Bonchev–Trinajstić information content (AvgIpc) is 3.22. The highest BCUT2D eigenvalue weighted by Crippen LogP contribution is 2.39. The molecule has 5 rings (SSSR count). The van der Waals surface area contributed by atoms with Gasteiger partial charge >= 0.3 is 0 Å². The van der Waals surface area contributed by atoms with Gasteiger partial charge < -0.3 is 0 Å². The molecule has 26 heavy (non-hydrogen) atoms. The van der Waals surface area contributed by atoms with Gasteiger partial charge in [0.1, 0.15) is 5.69 Å². The minimum Gasteiger partial charge on any atom is -0.268 e. The second-order valence-electron chi connectivity index (χ2n) is 6.68. The predicted molar refractivity (Wildman–Crippen MR) is 104 cm³/mol. The van der Waals surface area contributed by atoms with Crippen LogP contribution in [0.3, 0.4) is 0 Å². The van der Waals surface area contributed by atoms with Crippen LogP contribution < -0.4 is 0 Å². The number of pyridine rings is 2. The molecule has 0 saturated heterocycles. The van der Waals surface area contributed by atoms with E-state index >= 15 is 0 Å². The van der Waals surface area contributed by atoms with Crippen LogP contribution in [0.25, 0.3) is 33.4 Å². The van der Waals surface area contributed by atoms with Crippen LogP contribution in [0.1, 0.15) is 17.8 Å². The van der Waals surface area contributed by atoms with Crippen LogP contribution in [0, 0.1) is 6.92 Å². The van der Waals surface area contributed by atoms with Gasteiger partial charge in [-0.1, -0.05) is 23.7 Å². The van der Waals surface area contributed by atoms with Crippen molar-refractivity contribution in [1.82, 2.24) is 19.7 Å². The normalized spacial score (nSPS) is 13.3. The number of nitrogens with zero attached hydrogens (tertiary/aromatic N) is 4. The summed E-state index contributed by atoms with van der Waals surface area (Å²) in [5.74, 6) is 0. The molecule has 5 heteroatoms. The zero-order chi connectivity index (χ0) is 17.7. The van der Waals surface area contributed by atoms with Crippen molar-refractivity contribution < 1.29 is 0 Å². The zero-order valence-electron chi connectivity index (χ0n) is 14.4. The molecule has 0 saturated carbocycles. The Hall–Kier alpha value is -2.72. The molecule has 1 aromatic carbocycles. The van der Waals surface area contributed by atoms with Crippen molar-refractivity contribution >= 4 is 22.5 Å². The fourth-order valence-corrected chi connectivity index (χ4v) is 3.97. The van der Waals surface area contributed by atoms with Gasteiger partial charge in [-0.3, -0.25) is 14.6 Å². The van der Waals surface area contributed by atoms with Gasteiger partial charge in [0.25, 0.3) is 0 Å². The van der Waals surface area contributed by atoms with E-state index in [1.165, 1.54) is 11.3 Å². The number of benzene rings is 1. The first-order valence-electron chi connectivity index (χ1n) is 8.79. The standard InChI is InChI=1S/C21H17ClN4/c1-13-4-2-5-17(24-13)21-20(19-6-3-11-26(19)25-21)16-9-10-23-18-12-14(22)7-8-15(16)18/h2,4-5,7-10,12H,3,6,11H2,1H3. The highest BCUT2D eigenvalue weighted by Gasteiger charge is 2.25. The Kier molecular flexibility index (Phi) is 3.54. The largest absolute Gasteiger partial charge is 0.268 e. The molecule has 4 nitrogen and oxygen atoms in total. The second kappa shape index (κ2) is 5.92. The molecule has 0 bridgehead atoms. The van der Waals surface area contributed by atoms with Crippen molar-refractivity contribution in [1.29, 1.82) is 0 Å². The molecule has 0 radical (unpaired) electrons. The molecular formula is C21H17ClN4. The fraction of sp³-hybridized carbons (Fsp3) is 0.190. The summed E-state index contributed by atoms with van der Waals surface area (Å²) in [4.78, 5) is 9.22. The molecule has 4 aromatic rings. The summed E-state index contributed by atoms with van der Waals surface area (Å²) in [5.41, 5.74) is 7.37. The Morgan fingerprint density at radius 2 is 2.04 bits per heavy atom. The number of halogens is 1. The molecule has 128 valence electrons. The van der Waals surface area contributed by atoms with Crippen LogP contribution in [-0.4, -0.2) is 19.7 Å². The molecule has 4 heterocycles. The number of fused-ring (bicyclic) bond motifs is 2. The number of aryl methyl sites for hydroxylation is 2. The fourth-order valence-electron chi connectivity index (χ4n) is 3.81. The van der Waals surface area contributed by atoms with Crippen molar-refractivity contribution in [3.8, 4) is 22.5 Å². The lowest BCUT2D eigenvalue weighted by molar-refractivity contribution is 0.658. The van der Waals surface area contributed by atoms with Crippen molar-refractivity contribution in [2.24, 2.45) is 0 Å². The molecule has 3 aromatic heterocycles. The third-order valence-electron chi connectivity index (χ3n) is 4.95. The first kappa shape index (κ1) is 15.5. The number of aromatic nitrogens is 4. The number of hydrogen-bond donors (Lipinski definition) is 0. The maximum atomic E-state index is 6.17. The van der Waals surface area contributed by atoms with Crippen LogP contribution in [0.4, 0.5) is 0 Å². The molecule has 1 aliphatic rings. The Balaban J connectivity index is 1.83. The highest BCUT2D eigenvalue weighted by atomic mass is 35.5. The molecule has 0 spiro atoms. The third-order valence-corrected chi connectivity index (χ3v) is 5.18. The molecule has 1 aliphatic heterocycles. The van der Waals surface area contributed by atoms with Crippen molar-refractivity contribution in [2.45, 2.75) is 26.3 Å². The van der Waals surface area contributed by atoms with Crippen molar-refractivity contribution in [3.05, 3.63) is 65.1 Å². The molecule has 0 atom stereocenters. The van der Waals surface area contributed by atoms with Crippen molar-refractivity contribution in [2.75, 3.05) is 0 Å². The molecule has 0 fully saturated rings. The highest BCUT2D eigenvalue weighted by molar-refractivity contribution is 6.31. The van der Waals surface area contributed by atoms with Crippen LogP contribution >= 0.6 is 11.6 Å². The van der Waals surface area contributed by atoms with Crippen molar-refractivity contribution in [3.63, 3.8) is 0 Å². The van der Waals surface area contributed by atoms with Gasteiger partial charge in [-0.2, -0.15) is 5.10 Å². The lowest BCUT2D eigenvalue weighted by Crippen LogP contribution is -1.95.